The maximum atomic E-state index is 12.1. The van der Waals surface area contributed by atoms with Crippen LogP contribution in [0.3, 0.4) is 0 Å². The number of hydrogen-bond acceptors (Lipinski definition) is 3. The molecule has 0 bridgehead atoms. The third-order valence-electron chi connectivity index (χ3n) is 4.65. The van der Waals surface area contributed by atoms with Gasteiger partial charge < -0.3 is 19.9 Å². The van der Waals surface area contributed by atoms with Crippen molar-refractivity contribution in [2.45, 2.75) is 32.7 Å². The Morgan fingerprint density at radius 2 is 2.00 bits per heavy atom. The van der Waals surface area contributed by atoms with E-state index >= 15 is 0 Å². The number of quaternary nitrogens is 1. The van der Waals surface area contributed by atoms with Crippen molar-refractivity contribution >= 4 is 11.6 Å². The number of hydrogen-bond donors (Lipinski definition) is 2. The zero-order chi connectivity index (χ0) is 16.7. The quantitative estimate of drug-likeness (QED) is 0.778. The number of amides is 1. The highest BCUT2D eigenvalue weighted by atomic mass is 16.5. The SMILES string of the molecule is CCC(CC)NC(=O)C[NH+]1CCN(c2cccc(OC)c2)CC1. The summed E-state index contributed by atoms with van der Waals surface area (Å²) in [6.07, 6.45) is 2.00. The van der Waals surface area contributed by atoms with E-state index in [1.54, 1.807) is 7.11 Å². The monoisotopic (exact) mass is 320 g/mol. The minimum absolute atomic E-state index is 0.184. The smallest absolute Gasteiger partial charge is 0.275 e. The van der Waals surface area contributed by atoms with E-state index in [4.69, 9.17) is 4.74 Å². The molecule has 0 atom stereocenters. The fraction of sp³-hybridized carbons (Fsp3) is 0.611. The second-order valence-corrected chi connectivity index (χ2v) is 6.20. The zero-order valence-corrected chi connectivity index (χ0v) is 14.6. The lowest BCUT2D eigenvalue weighted by Crippen LogP contribution is -3.16. The van der Waals surface area contributed by atoms with Gasteiger partial charge in [-0.1, -0.05) is 19.9 Å². The topological polar surface area (TPSA) is 46.0 Å². The lowest BCUT2D eigenvalue weighted by molar-refractivity contribution is -0.892. The van der Waals surface area contributed by atoms with Gasteiger partial charge in [-0.3, -0.25) is 4.79 Å². The Morgan fingerprint density at radius 1 is 1.30 bits per heavy atom. The molecule has 0 unspecified atom stereocenters. The summed E-state index contributed by atoms with van der Waals surface area (Å²) >= 11 is 0. The van der Waals surface area contributed by atoms with Gasteiger partial charge in [0, 0.05) is 17.8 Å². The number of carbonyl (C=O) groups excluding carboxylic acids is 1. The number of anilines is 1. The van der Waals surface area contributed by atoms with Crippen LogP contribution in [0.25, 0.3) is 0 Å². The van der Waals surface area contributed by atoms with Crippen molar-refractivity contribution in [3.63, 3.8) is 0 Å². The number of rotatable bonds is 7. The van der Waals surface area contributed by atoms with Gasteiger partial charge in [-0.25, -0.2) is 0 Å². The number of benzene rings is 1. The number of nitrogens with one attached hydrogen (secondary N) is 2. The molecule has 0 spiro atoms. The third kappa shape index (κ3) is 5.13. The normalized spacial score (nSPS) is 15.7. The largest absolute Gasteiger partial charge is 0.497 e. The second-order valence-electron chi connectivity index (χ2n) is 6.20. The van der Waals surface area contributed by atoms with Crippen LogP contribution >= 0.6 is 0 Å². The highest BCUT2D eigenvalue weighted by Gasteiger charge is 2.23. The average Bonchev–Trinajstić information content (AvgIpc) is 2.60. The van der Waals surface area contributed by atoms with Gasteiger partial charge in [0.05, 0.1) is 33.3 Å². The van der Waals surface area contributed by atoms with Gasteiger partial charge in [0.2, 0.25) is 0 Å². The van der Waals surface area contributed by atoms with E-state index < -0.39 is 0 Å². The van der Waals surface area contributed by atoms with Crippen LogP contribution in [0, 0.1) is 0 Å². The Labute approximate surface area is 139 Å². The minimum atomic E-state index is 0.184. The first kappa shape index (κ1) is 17.6. The Morgan fingerprint density at radius 3 is 2.61 bits per heavy atom. The number of piperazine rings is 1. The fourth-order valence-corrected chi connectivity index (χ4v) is 3.06. The Kier molecular flexibility index (Phi) is 6.71. The van der Waals surface area contributed by atoms with Gasteiger partial charge in [-0.05, 0) is 25.0 Å². The number of carbonyl (C=O) groups is 1. The lowest BCUT2D eigenvalue weighted by Gasteiger charge is -2.33. The first-order chi connectivity index (χ1) is 11.2. The summed E-state index contributed by atoms with van der Waals surface area (Å²) in [6, 6.07) is 8.50. The fourth-order valence-electron chi connectivity index (χ4n) is 3.06. The van der Waals surface area contributed by atoms with Crippen LogP contribution in [-0.2, 0) is 4.79 Å². The molecule has 23 heavy (non-hydrogen) atoms. The molecule has 0 aliphatic carbocycles. The maximum absolute atomic E-state index is 12.1. The summed E-state index contributed by atoms with van der Waals surface area (Å²) in [5.74, 6) is 1.07. The molecule has 1 amide bonds. The molecule has 0 radical (unpaired) electrons. The van der Waals surface area contributed by atoms with Gasteiger partial charge in [-0.15, -0.1) is 0 Å². The molecule has 0 saturated carbocycles. The predicted octanol–water partition coefficient (Wildman–Crippen LogP) is 0.705. The molecule has 2 N–H and O–H groups in total. The Bertz CT molecular complexity index is 495. The standard InChI is InChI=1S/C18H29N3O2/c1-4-15(5-2)19-18(22)14-20-9-11-21(12-10-20)16-7-6-8-17(13-16)23-3/h6-8,13,15H,4-5,9-12,14H2,1-3H3,(H,19,22)/p+1. The molecule has 1 aromatic rings. The molecular formula is C18H30N3O2+. The summed E-state index contributed by atoms with van der Waals surface area (Å²) < 4.78 is 5.29. The second kappa shape index (κ2) is 8.77. The Hall–Kier alpha value is -1.75. The molecule has 1 aromatic carbocycles. The average molecular weight is 320 g/mol. The molecule has 2 rings (SSSR count). The molecule has 5 heteroatoms. The minimum Gasteiger partial charge on any atom is -0.497 e. The van der Waals surface area contributed by atoms with Crippen molar-refractivity contribution in [3.05, 3.63) is 24.3 Å². The number of ether oxygens (including phenoxy) is 1. The van der Waals surface area contributed by atoms with E-state index in [-0.39, 0.29) is 5.91 Å². The van der Waals surface area contributed by atoms with Gasteiger partial charge in [-0.2, -0.15) is 0 Å². The first-order valence-corrected chi connectivity index (χ1v) is 8.68. The van der Waals surface area contributed by atoms with Crippen LogP contribution in [0.15, 0.2) is 24.3 Å². The van der Waals surface area contributed by atoms with Crippen LogP contribution in [-0.4, -0.2) is 51.8 Å². The molecule has 0 aromatic heterocycles. The van der Waals surface area contributed by atoms with E-state index in [1.165, 1.54) is 10.6 Å². The number of nitrogens with zero attached hydrogens (tertiary/aromatic N) is 1. The van der Waals surface area contributed by atoms with Crippen molar-refractivity contribution in [1.29, 1.82) is 0 Å². The summed E-state index contributed by atoms with van der Waals surface area (Å²) in [5.41, 5.74) is 1.20. The van der Waals surface area contributed by atoms with Crippen molar-refractivity contribution in [1.82, 2.24) is 5.32 Å². The summed E-state index contributed by atoms with van der Waals surface area (Å²) in [4.78, 5) is 15.8. The molecule has 1 fully saturated rings. The predicted molar refractivity (Wildman–Crippen MR) is 93.3 cm³/mol. The van der Waals surface area contributed by atoms with Crippen molar-refractivity contribution in [3.8, 4) is 5.75 Å². The molecule has 1 heterocycles. The molecule has 1 aliphatic rings. The van der Waals surface area contributed by atoms with E-state index in [2.05, 4.69) is 36.2 Å². The van der Waals surface area contributed by atoms with Crippen LogP contribution in [0.2, 0.25) is 0 Å². The van der Waals surface area contributed by atoms with E-state index in [0.717, 1.165) is 44.8 Å². The van der Waals surface area contributed by atoms with Crippen LogP contribution in [0.4, 0.5) is 5.69 Å². The van der Waals surface area contributed by atoms with E-state index in [0.29, 0.717) is 12.6 Å². The lowest BCUT2D eigenvalue weighted by atomic mass is 10.2. The van der Waals surface area contributed by atoms with Crippen molar-refractivity contribution < 1.29 is 14.4 Å². The summed E-state index contributed by atoms with van der Waals surface area (Å²) in [7, 11) is 1.69. The summed E-state index contributed by atoms with van der Waals surface area (Å²) in [6.45, 7) is 8.76. The zero-order valence-electron chi connectivity index (χ0n) is 14.6. The van der Waals surface area contributed by atoms with Crippen LogP contribution < -0.4 is 19.9 Å². The van der Waals surface area contributed by atoms with Crippen LogP contribution in [0.5, 0.6) is 5.75 Å². The highest BCUT2D eigenvalue weighted by Crippen LogP contribution is 2.20. The molecule has 1 saturated heterocycles. The van der Waals surface area contributed by atoms with E-state index in [9.17, 15) is 4.79 Å². The van der Waals surface area contributed by atoms with E-state index in [1.807, 2.05) is 12.1 Å². The highest BCUT2D eigenvalue weighted by molar-refractivity contribution is 5.77. The molecule has 128 valence electrons. The van der Waals surface area contributed by atoms with Gasteiger partial charge >= 0.3 is 0 Å². The molecular weight excluding hydrogens is 290 g/mol. The Balaban J connectivity index is 1.80. The number of methoxy groups -OCH3 is 1. The molecule has 1 aliphatic heterocycles. The van der Waals surface area contributed by atoms with Crippen molar-refractivity contribution in [2.24, 2.45) is 0 Å². The summed E-state index contributed by atoms with van der Waals surface area (Å²) in [5, 5.41) is 3.13. The first-order valence-electron chi connectivity index (χ1n) is 8.68. The van der Waals surface area contributed by atoms with Crippen LogP contribution in [0.1, 0.15) is 26.7 Å². The van der Waals surface area contributed by atoms with Crippen molar-refractivity contribution in [2.75, 3.05) is 44.7 Å². The van der Waals surface area contributed by atoms with Gasteiger partial charge in [0.25, 0.3) is 5.91 Å². The molecule has 5 nitrogen and oxygen atoms in total. The van der Waals surface area contributed by atoms with Gasteiger partial charge in [0.1, 0.15) is 5.75 Å². The van der Waals surface area contributed by atoms with Gasteiger partial charge in [0.15, 0.2) is 6.54 Å². The maximum Gasteiger partial charge on any atom is 0.275 e. The third-order valence-corrected chi connectivity index (χ3v) is 4.65.